The second-order valence-electron chi connectivity index (χ2n) is 3.32. The molecule has 1 aliphatic rings. The van der Waals surface area contributed by atoms with Gasteiger partial charge in [-0.15, -0.1) is 0 Å². The lowest BCUT2D eigenvalue weighted by molar-refractivity contribution is -0.144. The van der Waals surface area contributed by atoms with Crippen LogP contribution < -0.4 is 10.6 Å². The van der Waals surface area contributed by atoms with Crippen molar-refractivity contribution in [3.63, 3.8) is 0 Å². The Labute approximate surface area is 74.9 Å². The van der Waals surface area contributed by atoms with E-state index in [1.165, 1.54) is 6.92 Å². The van der Waals surface area contributed by atoms with Crippen LogP contribution in [-0.2, 0) is 4.79 Å². The van der Waals surface area contributed by atoms with Gasteiger partial charge >= 0.3 is 12.0 Å². The van der Waals surface area contributed by atoms with Gasteiger partial charge in [0.1, 0.15) is 5.54 Å². The Balaban J connectivity index is 2.77. The fraction of sp³-hybridized carbons (Fsp3) is 0.714. The zero-order valence-corrected chi connectivity index (χ0v) is 7.20. The van der Waals surface area contributed by atoms with E-state index < -0.39 is 23.6 Å². The number of amides is 2. The zero-order chi connectivity index (χ0) is 10.1. The van der Waals surface area contributed by atoms with E-state index in [0.717, 1.165) is 0 Å². The van der Waals surface area contributed by atoms with Crippen molar-refractivity contribution in [3.8, 4) is 0 Å². The number of carboxylic acids is 1. The molecule has 6 nitrogen and oxygen atoms in total. The fourth-order valence-corrected chi connectivity index (χ4v) is 1.32. The van der Waals surface area contributed by atoms with Crippen LogP contribution in [0.4, 0.5) is 4.79 Å². The Morgan fingerprint density at radius 1 is 1.77 bits per heavy atom. The van der Waals surface area contributed by atoms with Gasteiger partial charge in [0.05, 0.1) is 12.6 Å². The molecule has 0 spiro atoms. The van der Waals surface area contributed by atoms with E-state index in [2.05, 4.69) is 10.6 Å². The van der Waals surface area contributed by atoms with Crippen LogP contribution in [0.25, 0.3) is 0 Å². The van der Waals surface area contributed by atoms with Gasteiger partial charge < -0.3 is 20.8 Å². The van der Waals surface area contributed by atoms with Gasteiger partial charge in [-0.05, 0) is 6.92 Å². The molecule has 0 bridgehead atoms. The summed E-state index contributed by atoms with van der Waals surface area (Å²) in [5.74, 6) is -1.10. The molecule has 1 saturated heterocycles. The lowest BCUT2D eigenvalue weighted by Gasteiger charge is -2.35. The van der Waals surface area contributed by atoms with E-state index >= 15 is 0 Å². The van der Waals surface area contributed by atoms with Gasteiger partial charge in [-0.25, -0.2) is 9.59 Å². The Hall–Kier alpha value is -1.30. The normalized spacial score (nSPS) is 33.4. The van der Waals surface area contributed by atoms with Crippen molar-refractivity contribution in [2.24, 2.45) is 0 Å². The molecule has 0 aromatic rings. The molecular formula is C7H12N2O4. The third-order valence-corrected chi connectivity index (χ3v) is 2.07. The number of rotatable bonds is 2. The van der Waals surface area contributed by atoms with Gasteiger partial charge in [-0.1, -0.05) is 0 Å². The van der Waals surface area contributed by atoms with E-state index in [0.29, 0.717) is 0 Å². The number of nitrogens with one attached hydrogen (secondary N) is 2. The summed E-state index contributed by atoms with van der Waals surface area (Å²) >= 11 is 0. The second kappa shape index (κ2) is 3.21. The molecule has 2 amide bonds. The van der Waals surface area contributed by atoms with Crippen molar-refractivity contribution in [1.82, 2.24) is 10.6 Å². The van der Waals surface area contributed by atoms with E-state index in [4.69, 9.17) is 10.2 Å². The largest absolute Gasteiger partial charge is 0.480 e. The average molecular weight is 188 g/mol. The van der Waals surface area contributed by atoms with Crippen LogP contribution in [0.2, 0.25) is 0 Å². The summed E-state index contributed by atoms with van der Waals surface area (Å²) in [7, 11) is 0. The number of hydrogen-bond donors (Lipinski definition) is 4. The zero-order valence-electron chi connectivity index (χ0n) is 7.20. The van der Waals surface area contributed by atoms with Crippen LogP contribution in [0.15, 0.2) is 0 Å². The van der Waals surface area contributed by atoms with Crippen LogP contribution in [0.5, 0.6) is 0 Å². The summed E-state index contributed by atoms with van der Waals surface area (Å²) in [5.41, 5.74) is -1.28. The monoisotopic (exact) mass is 188 g/mol. The lowest BCUT2D eigenvalue weighted by atomic mass is 9.91. The molecule has 13 heavy (non-hydrogen) atoms. The first-order valence-electron chi connectivity index (χ1n) is 3.91. The number of carbonyl (C=O) groups excluding carboxylic acids is 1. The van der Waals surface area contributed by atoms with Crippen molar-refractivity contribution >= 4 is 12.0 Å². The number of hydrogen-bond acceptors (Lipinski definition) is 3. The quantitative estimate of drug-likeness (QED) is 0.441. The maximum Gasteiger partial charge on any atom is 0.329 e. The molecule has 0 aliphatic carbocycles. The molecule has 0 unspecified atom stereocenters. The fourth-order valence-electron chi connectivity index (χ4n) is 1.32. The van der Waals surface area contributed by atoms with Gasteiger partial charge in [0.15, 0.2) is 0 Å². The molecule has 1 heterocycles. The molecule has 0 aromatic heterocycles. The first kappa shape index (κ1) is 9.79. The van der Waals surface area contributed by atoms with Crippen molar-refractivity contribution in [3.05, 3.63) is 0 Å². The lowest BCUT2D eigenvalue weighted by Crippen LogP contribution is -2.64. The molecule has 1 fully saturated rings. The number of aliphatic hydroxyl groups excluding tert-OH is 1. The Bertz CT molecular complexity index is 243. The summed E-state index contributed by atoms with van der Waals surface area (Å²) in [5, 5.41) is 22.3. The minimum Gasteiger partial charge on any atom is -0.480 e. The van der Waals surface area contributed by atoms with Crippen LogP contribution >= 0.6 is 0 Å². The molecule has 0 aromatic carbocycles. The highest BCUT2D eigenvalue weighted by Crippen LogP contribution is 2.16. The summed E-state index contributed by atoms with van der Waals surface area (Å²) in [6.45, 7) is 1.16. The second-order valence-corrected chi connectivity index (χ2v) is 3.32. The van der Waals surface area contributed by atoms with Crippen molar-refractivity contribution in [1.29, 1.82) is 0 Å². The van der Waals surface area contributed by atoms with Crippen LogP contribution in [-0.4, -0.2) is 40.4 Å². The van der Waals surface area contributed by atoms with Gasteiger partial charge in [-0.2, -0.15) is 0 Å². The Kier molecular flexibility index (Phi) is 2.42. The number of urea groups is 1. The molecule has 6 heteroatoms. The summed E-state index contributed by atoms with van der Waals surface area (Å²) in [6.07, 6.45) is 0.171. The van der Waals surface area contributed by atoms with Crippen molar-refractivity contribution in [2.75, 3.05) is 6.61 Å². The maximum atomic E-state index is 11.0. The third-order valence-electron chi connectivity index (χ3n) is 2.07. The topological polar surface area (TPSA) is 98.7 Å². The van der Waals surface area contributed by atoms with Crippen molar-refractivity contribution in [2.45, 2.75) is 24.9 Å². The highest BCUT2D eigenvalue weighted by atomic mass is 16.4. The molecule has 2 atom stereocenters. The highest BCUT2D eigenvalue weighted by molar-refractivity contribution is 5.87. The minimum atomic E-state index is -1.28. The van der Waals surface area contributed by atoms with Gasteiger partial charge in [0.2, 0.25) is 0 Å². The number of aliphatic hydroxyl groups is 1. The van der Waals surface area contributed by atoms with Crippen LogP contribution in [0, 0.1) is 0 Å². The van der Waals surface area contributed by atoms with Gasteiger partial charge in [0, 0.05) is 6.42 Å². The Morgan fingerprint density at radius 3 is 2.85 bits per heavy atom. The summed E-state index contributed by atoms with van der Waals surface area (Å²) < 4.78 is 0. The minimum absolute atomic E-state index is 0.171. The number of carboxylic acid groups (broad SMARTS) is 1. The number of aliphatic carboxylic acids is 1. The van der Waals surface area contributed by atoms with Crippen LogP contribution in [0.1, 0.15) is 13.3 Å². The van der Waals surface area contributed by atoms with E-state index in [9.17, 15) is 9.59 Å². The number of carbonyl (C=O) groups is 2. The first-order chi connectivity index (χ1) is 5.98. The molecule has 0 radical (unpaired) electrons. The molecule has 0 saturated carbocycles. The van der Waals surface area contributed by atoms with E-state index in [1.54, 1.807) is 0 Å². The van der Waals surface area contributed by atoms with E-state index in [-0.39, 0.29) is 13.0 Å². The SMILES string of the molecule is C[C@@]1(C(=O)O)C[C@@H](CO)NC(=O)N1. The summed E-state index contributed by atoms with van der Waals surface area (Å²) in [6, 6.07) is -1.05. The molecule has 4 N–H and O–H groups in total. The standard InChI is InChI=1S/C7H12N2O4/c1-7(5(11)12)2-4(3-10)8-6(13)9-7/h4,10H,2-3H2,1H3,(H,11,12)(H2,8,9,13)/t4-,7-/m0/s1. The summed E-state index contributed by atoms with van der Waals surface area (Å²) in [4.78, 5) is 21.7. The average Bonchev–Trinajstić information content (AvgIpc) is 2.02. The third kappa shape index (κ3) is 1.89. The van der Waals surface area contributed by atoms with Gasteiger partial charge in [-0.3, -0.25) is 0 Å². The molecule has 74 valence electrons. The van der Waals surface area contributed by atoms with Gasteiger partial charge in [0.25, 0.3) is 0 Å². The predicted octanol–water partition coefficient (Wildman–Crippen LogP) is -1.11. The van der Waals surface area contributed by atoms with Crippen molar-refractivity contribution < 1.29 is 19.8 Å². The predicted molar refractivity (Wildman–Crippen MR) is 43.2 cm³/mol. The molecular weight excluding hydrogens is 176 g/mol. The molecule has 1 aliphatic heterocycles. The maximum absolute atomic E-state index is 11.0. The first-order valence-corrected chi connectivity index (χ1v) is 3.91. The molecule has 1 rings (SSSR count). The highest BCUT2D eigenvalue weighted by Gasteiger charge is 2.41. The van der Waals surface area contributed by atoms with E-state index in [1.807, 2.05) is 0 Å². The Morgan fingerprint density at radius 2 is 2.38 bits per heavy atom. The smallest absolute Gasteiger partial charge is 0.329 e. The van der Waals surface area contributed by atoms with Crippen LogP contribution in [0.3, 0.4) is 0 Å².